The fourth-order valence-corrected chi connectivity index (χ4v) is 3.23. The third-order valence-electron chi connectivity index (χ3n) is 4.80. The van der Waals surface area contributed by atoms with Crippen molar-refractivity contribution in [1.82, 2.24) is 20.9 Å². The topological polar surface area (TPSA) is 78.4 Å². The van der Waals surface area contributed by atoms with Crippen molar-refractivity contribution in [3.8, 4) is 0 Å². The van der Waals surface area contributed by atoms with Crippen LogP contribution >= 0.6 is 11.6 Å². The van der Waals surface area contributed by atoms with Gasteiger partial charge in [0.25, 0.3) is 5.91 Å². The molecule has 1 heterocycles. The Morgan fingerprint density at radius 1 is 1.18 bits per heavy atom. The van der Waals surface area contributed by atoms with Crippen LogP contribution in [0.1, 0.15) is 35.7 Å². The highest BCUT2D eigenvalue weighted by molar-refractivity contribution is 6.30. The van der Waals surface area contributed by atoms with E-state index in [-0.39, 0.29) is 11.3 Å². The molecule has 0 atom stereocenters. The Morgan fingerprint density at radius 3 is 2.68 bits per heavy atom. The molecule has 6 nitrogen and oxygen atoms in total. The van der Waals surface area contributed by atoms with E-state index < -0.39 is 0 Å². The van der Waals surface area contributed by atoms with E-state index in [1.54, 1.807) is 24.5 Å². The Hall–Kier alpha value is -2.60. The van der Waals surface area contributed by atoms with Crippen molar-refractivity contribution in [2.24, 2.45) is 4.99 Å². The molecular formula is C21H26ClN5O. The molecule has 0 bridgehead atoms. The first-order valence-electron chi connectivity index (χ1n) is 9.59. The summed E-state index contributed by atoms with van der Waals surface area (Å²) >= 11 is 6.15. The number of amides is 1. The van der Waals surface area contributed by atoms with Crippen LogP contribution in [0.4, 0.5) is 0 Å². The zero-order valence-electron chi connectivity index (χ0n) is 16.0. The molecule has 148 valence electrons. The number of carbonyl (C=O) groups is 1. The van der Waals surface area contributed by atoms with Gasteiger partial charge in [-0.2, -0.15) is 0 Å². The van der Waals surface area contributed by atoms with Gasteiger partial charge in [0, 0.05) is 42.5 Å². The molecule has 1 aliphatic rings. The third kappa shape index (κ3) is 5.45. The second-order valence-corrected chi connectivity index (χ2v) is 7.35. The number of hydrogen-bond acceptors (Lipinski definition) is 3. The summed E-state index contributed by atoms with van der Waals surface area (Å²) in [5.41, 5.74) is 1.91. The number of halogens is 1. The molecule has 1 aliphatic carbocycles. The predicted molar refractivity (Wildman–Crippen MR) is 113 cm³/mol. The van der Waals surface area contributed by atoms with E-state index >= 15 is 0 Å². The van der Waals surface area contributed by atoms with E-state index in [0.29, 0.717) is 25.2 Å². The minimum absolute atomic E-state index is 0.0990. The van der Waals surface area contributed by atoms with Crippen LogP contribution in [0.2, 0.25) is 5.02 Å². The molecule has 0 saturated heterocycles. The number of nitrogens with one attached hydrogen (secondary N) is 3. The molecule has 3 rings (SSSR count). The van der Waals surface area contributed by atoms with Gasteiger partial charge in [-0.15, -0.1) is 0 Å². The lowest BCUT2D eigenvalue weighted by Crippen LogP contribution is -2.42. The van der Waals surface area contributed by atoms with Crippen molar-refractivity contribution in [2.45, 2.75) is 25.2 Å². The highest BCUT2D eigenvalue weighted by Crippen LogP contribution is 2.48. The van der Waals surface area contributed by atoms with E-state index in [2.05, 4.69) is 27.0 Å². The Labute approximate surface area is 170 Å². The van der Waals surface area contributed by atoms with E-state index in [4.69, 9.17) is 16.6 Å². The van der Waals surface area contributed by atoms with Gasteiger partial charge >= 0.3 is 0 Å². The van der Waals surface area contributed by atoms with E-state index in [9.17, 15) is 4.79 Å². The van der Waals surface area contributed by atoms with Crippen LogP contribution in [-0.2, 0) is 5.41 Å². The summed E-state index contributed by atoms with van der Waals surface area (Å²) in [5.74, 6) is 0.626. The fraction of sp³-hybridized carbons (Fsp3) is 0.381. The average molecular weight is 400 g/mol. The number of guanidine groups is 1. The maximum absolute atomic E-state index is 12.0. The minimum atomic E-state index is -0.130. The first-order valence-corrected chi connectivity index (χ1v) is 9.97. The Kier molecular flexibility index (Phi) is 6.87. The van der Waals surface area contributed by atoms with Gasteiger partial charge in [-0.1, -0.05) is 23.7 Å². The summed E-state index contributed by atoms with van der Waals surface area (Å²) in [7, 11) is 0. The number of aromatic nitrogens is 1. The molecule has 0 radical (unpaired) electrons. The Bertz CT molecular complexity index is 821. The molecule has 2 aromatic rings. The van der Waals surface area contributed by atoms with Gasteiger partial charge in [0.2, 0.25) is 0 Å². The quantitative estimate of drug-likeness (QED) is 0.362. The molecule has 0 unspecified atom stereocenters. The highest BCUT2D eigenvalue weighted by atomic mass is 35.5. The number of carbonyl (C=O) groups excluding carboxylic acids is 1. The second kappa shape index (κ2) is 9.55. The van der Waals surface area contributed by atoms with Crippen molar-refractivity contribution in [2.75, 3.05) is 26.2 Å². The summed E-state index contributed by atoms with van der Waals surface area (Å²) < 4.78 is 0. The van der Waals surface area contributed by atoms with Crippen molar-refractivity contribution in [1.29, 1.82) is 0 Å². The van der Waals surface area contributed by atoms with Gasteiger partial charge in [-0.3, -0.25) is 14.8 Å². The lowest BCUT2D eigenvalue weighted by atomic mass is 9.96. The number of pyridine rings is 1. The number of rotatable bonds is 8. The number of nitrogens with zero attached hydrogens (tertiary/aromatic N) is 2. The lowest BCUT2D eigenvalue weighted by Gasteiger charge is -2.16. The van der Waals surface area contributed by atoms with Crippen LogP contribution in [0.25, 0.3) is 0 Å². The van der Waals surface area contributed by atoms with E-state index in [0.717, 1.165) is 30.4 Å². The number of benzene rings is 1. The minimum Gasteiger partial charge on any atom is -0.357 e. The largest absolute Gasteiger partial charge is 0.357 e. The van der Waals surface area contributed by atoms with Crippen molar-refractivity contribution in [3.05, 3.63) is 64.9 Å². The molecule has 1 aromatic heterocycles. The molecule has 1 aromatic carbocycles. The van der Waals surface area contributed by atoms with Gasteiger partial charge in [0.05, 0.1) is 12.1 Å². The first-order chi connectivity index (χ1) is 13.6. The summed E-state index contributed by atoms with van der Waals surface area (Å²) in [6.45, 7) is 4.60. The maximum Gasteiger partial charge on any atom is 0.252 e. The SMILES string of the molecule is CCNC(=NCC1(c2cccc(Cl)c2)CC1)NCCNC(=O)c1cccnc1. The van der Waals surface area contributed by atoms with Gasteiger partial charge in [0.15, 0.2) is 5.96 Å². The summed E-state index contributed by atoms with van der Waals surface area (Å²) in [5, 5.41) is 10.2. The van der Waals surface area contributed by atoms with Crippen molar-refractivity contribution >= 4 is 23.5 Å². The normalized spacial score (nSPS) is 15.0. The van der Waals surface area contributed by atoms with Crippen molar-refractivity contribution < 1.29 is 4.79 Å². The van der Waals surface area contributed by atoms with Gasteiger partial charge in [-0.25, -0.2) is 0 Å². The molecule has 0 spiro atoms. The van der Waals surface area contributed by atoms with Crippen LogP contribution < -0.4 is 16.0 Å². The molecule has 7 heteroatoms. The molecule has 0 aliphatic heterocycles. The van der Waals surface area contributed by atoms with Crippen LogP contribution in [-0.4, -0.2) is 43.0 Å². The second-order valence-electron chi connectivity index (χ2n) is 6.91. The zero-order chi connectivity index (χ0) is 19.8. The van der Waals surface area contributed by atoms with Crippen LogP contribution in [0.5, 0.6) is 0 Å². The molecule has 28 heavy (non-hydrogen) atoms. The monoisotopic (exact) mass is 399 g/mol. The summed E-state index contributed by atoms with van der Waals surface area (Å²) in [6.07, 6.45) is 5.45. The lowest BCUT2D eigenvalue weighted by molar-refractivity contribution is 0.0954. The first kappa shape index (κ1) is 20.1. The molecule has 3 N–H and O–H groups in total. The molecule has 1 amide bonds. The Morgan fingerprint density at radius 2 is 2.00 bits per heavy atom. The molecule has 1 saturated carbocycles. The average Bonchev–Trinajstić information content (AvgIpc) is 3.51. The van der Waals surface area contributed by atoms with E-state index in [1.165, 1.54) is 5.56 Å². The Balaban J connectivity index is 1.50. The van der Waals surface area contributed by atoms with Crippen molar-refractivity contribution in [3.63, 3.8) is 0 Å². The number of hydrogen-bond donors (Lipinski definition) is 3. The zero-order valence-corrected chi connectivity index (χ0v) is 16.8. The van der Waals surface area contributed by atoms with Crippen LogP contribution in [0, 0.1) is 0 Å². The van der Waals surface area contributed by atoms with Gasteiger partial charge in [-0.05, 0) is 49.6 Å². The van der Waals surface area contributed by atoms with Gasteiger partial charge < -0.3 is 16.0 Å². The molecular weight excluding hydrogens is 374 g/mol. The summed E-state index contributed by atoms with van der Waals surface area (Å²) in [4.78, 5) is 20.7. The fourth-order valence-electron chi connectivity index (χ4n) is 3.04. The van der Waals surface area contributed by atoms with Gasteiger partial charge in [0.1, 0.15) is 0 Å². The highest BCUT2D eigenvalue weighted by Gasteiger charge is 2.44. The van der Waals surface area contributed by atoms with Crippen LogP contribution in [0.3, 0.4) is 0 Å². The summed E-state index contributed by atoms with van der Waals surface area (Å²) in [6, 6.07) is 11.6. The third-order valence-corrected chi connectivity index (χ3v) is 5.04. The smallest absolute Gasteiger partial charge is 0.252 e. The van der Waals surface area contributed by atoms with Crippen LogP contribution in [0.15, 0.2) is 53.8 Å². The standard InChI is InChI=1S/C21H26ClN5O/c1-2-24-20(26-12-11-25-19(28)16-5-4-10-23-14-16)27-15-21(8-9-21)17-6-3-7-18(22)13-17/h3-7,10,13-14H,2,8-9,11-12,15H2,1H3,(H,25,28)(H2,24,26,27). The van der Waals surface area contributed by atoms with E-state index in [1.807, 2.05) is 25.1 Å². The predicted octanol–water partition coefficient (Wildman–Crippen LogP) is 2.75. The number of aliphatic imine (C=N–C) groups is 1. The maximum atomic E-state index is 12.0. The molecule has 1 fully saturated rings.